The standard InChI is InChI=1S/C17H26N2O3/c1-3-22-16-9-12(7-8-15(16)21-2)11-19-17(20)14-6-4-5-13(14)10-18/h7-9,13-14H,3-6,10-11,18H2,1-2H3,(H,19,20)/t13-,14-/m1/s1. The number of rotatable bonds is 7. The van der Waals surface area contributed by atoms with Gasteiger partial charge in [0, 0.05) is 12.5 Å². The van der Waals surface area contributed by atoms with Gasteiger partial charge in [-0.25, -0.2) is 0 Å². The van der Waals surface area contributed by atoms with Gasteiger partial charge >= 0.3 is 0 Å². The van der Waals surface area contributed by atoms with Crippen molar-refractivity contribution in [1.82, 2.24) is 5.32 Å². The van der Waals surface area contributed by atoms with E-state index in [1.54, 1.807) is 7.11 Å². The Kier molecular flexibility index (Phi) is 6.07. The minimum Gasteiger partial charge on any atom is -0.493 e. The molecule has 22 heavy (non-hydrogen) atoms. The second-order valence-electron chi connectivity index (χ2n) is 5.67. The molecule has 0 heterocycles. The molecule has 1 fully saturated rings. The number of amides is 1. The lowest BCUT2D eigenvalue weighted by Gasteiger charge is -2.17. The number of methoxy groups -OCH3 is 1. The third kappa shape index (κ3) is 3.91. The maximum Gasteiger partial charge on any atom is 0.223 e. The van der Waals surface area contributed by atoms with Crippen LogP contribution in [0.25, 0.3) is 0 Å². The second kappa shape index (κ2) is 8.03. The lowest BCUT2D eigenvalue weighted by molar-refractivity contribution is -0.126. The molecule has 0 saturated heterocycles. The molecule has 2 atom stereocenters. The molecule has 0 radical (unpaired) electrons. The zero-order valence-corrected chi connectivity index (χ0v) is 13.4. The van der Waals surface area contributed by atoms with E-state index in [9.17, 15) is 4.79 Å². The molecule has 0 bridgehead atoms. The summed E-state index contributed by atoms with van der Waals surface area (Å²) in [6, 6.07) is 5.72. The first-order valence-electron chi connectivity index (χ1n) is 7.97. The lowest BCUT2D eigenvalue weighted by atomic mass is 9.95. The molecule has 0 spiro atoms. The predicted molar refractivity (Wildman–Crippen MR) is 85.9 cm³/mol. The number of benzene rings is 1. The molecule has 0 aliphatic heterocycles. The highest BCUT2D eigenvalue weighted by molar-refractivity contribution is 5.79. The van der Waals surface area contributed by atoms with Crippen LogP contribution in [0.5, 0.6) is 11.5 Å². The van der Waals surface area contributed by atoms with Crippen LogP contribution in [0.3, 0.4) is 0 Å². The lowest BCUT2D eigenvalue weighted by Crippen LogP contribution is -2.34. The molecule has 3 N–H and O–H groups in total. The van der Waals surface area contributed by atoms with Crippen molar-refractivity contribution in [2.45, 2.75) is 32.7 Å². The van der Waals surface area contributed by atoms with Gasteiger partial charge in [0.05, 0.1) is 13.7 Å². The van der Waals surface area contributed by atoms with Crippen molar-refractivity contribution >= 4 is 5.91 Å². The Morgan fingerprint density at radius 3 is 2.86 bits per heavy atom. The molecule has 1 aromatic rings. The number of nitrogens with two attached hydrogens (primary N) is 1. The summed E-state index contributed by atoms with van der Waals surface area (Å²) in [6.07, 6.45) is 3.10. The number of carbonyl (C=O) groups is 1. The van der Waals surface area contributed by atoms with Crippen LogP contribution < -0.4 is 20.5 Å². The van der Waals surface area contributed by atoms with Crippen molar-refractivity contribution < 1.29 is 14.3 Å². The van der Waals surface area contributed by atoms with Crippen LogP contribution in [0.2, 0.25) is 0 Å². The van der Waals surface area contributed by atoms with Crippen LogP contribution in [0, 0.1) is 11.8 Å². The quantitative estimate of drug-likeness (QED) is 0.809. The Labute approximate surface area is 132 Å². The monoisotopic (exact) mass is 306 g/mol. The summed E-state index contributed by atoms with van der Waals surface area (Å²) < 4.78 is 10.8. The third-order valence-corrected chi connectivity index (χ3v) is 4.29. The molecule has 1 aliphatic rings. The van der Waals surface area contributed by atoms with Gasteiger partial charge < -0.3 is 20.5 Å². The first-order chi connectivity index (χ1) is 10.7. The molecule has 5 nitrogen and oxygen atoms in total. The average Bonchev–Trinajstić information content (AvgIpc) is 3.02. The number of hydrogen-bond donors (Lipinski definition) is 2. The number of hydrogen-bond acceptors (Lipinski definition) is 4. The summed E-state index contributed by atoms with van der Waals surface area (Å²) in [5.74, 6) is 1.92. The zero-order chi connectivity index (χ0) is 15.9. The highest BCUT2D eigenvalue weighted by Gasteiger charge is 2.31. The van der Waals surface area contributed by atoms with E-state index in [0.717, 1.165) is 24.8 Å². The van der Waals surface area contributed by atoms with E-state index in [-0.39, 0.29) is 11.8 Å². The van der Waals surface area contributed by atoms with E-state index in [1.807, 2.05) is 25.1 Å². The fourth-order valence-electron chi connectivity index (χ4n) is 3.08. The second-order valence-corrected chi connectivity index (χ2v) is 5.67. The van der Waals surface area contributed by atoms with Crippen molar-refractivity contribution in [3.63, 3.8) is 0 Å². The van der Waals surface area contributed by atoms with Crippen molar-refractivity contribution in [3.8, 4) is 11.5 Å². The van der Waals surface area contributed by atoms with Crippen molar-refractivity contribution in [2.75, 3.05) is 20.3 Å². The van der Waals surface area contributed by atoms with Gasteiger partial charge in [0.2, 0.25) is 5.91 Å². The Bertz CT molecular complexity index is 505. The molecule has 1 amide bonds. The topological polar surface area (TPSA) is 73.6 Å². The molecule has 0 unspecified atom stereocenters. The normalized spacial score (nSPS) is 20.7. The van der Waals surface area contributed by atoms with E-state index >= 15 is 0 Å². The van der Waals surface area contributed by atoms with Crippen LogP contribution in [0.1, 0.15) is 31.7 Å². The Morgan fingerprint density at radius 1 is 1.36 bits per heavy atom. The van der Waals surface area contributed by atoms with Crippen LogP contribution >= 0.6 is 0 Å². The summed E-state index contributed by atoms with van der Waals surface area (Å²) in [6.45, 7) is 3.60. The SMILES string of the molecule is CCOc1cc(CNC(=O)[C@@H]2CCC[C@@H]2CN)ccc1OC. The van der Waals surface area contributed by atoms with Gasteiger partial charge in [0.25, 0.3) is 0 Å². The van der Waals surface area contributed by atoms with Gasteiger partial charge in [0.1, 0.15) is 0 Å². The van der Waals surface area contributed by atoms with Gasteiger partial charge in [-0.2, -0.15) is 0 Å². The van der Waals surface area contributed by atoms with Crippen LogP contribution in [0.15, 0.2) is 18.2 Å². The minimum absolute atomic E-state index is 0.0645. The van der Waals surface area contributed by atoms with Gasteiger partial charge in [-0.15, -0.1) is 0 Å². The van der Waals surface area contributed by atoms with E-state index in [4.69, 9.17) is 15.2 Å². The molecule has 0 aromatic heterocycles. The molecule has 1 saturated carbocycles. The van der Waals surface area contributed by atoms with Crippen molar-refractivity contribution in [3.05, 3.63) is 23.8 Å². The maximum atomic E-state index is 12.3. The third-order valence-electron chi connectivity index (χ3n) is 4.29. The van der Waals surface area contributed by atoms with E-state index in [2.05, 4.69) is 5.32 Å². The number of nitrogens with one attached hydrogen (secondary N) is 1. The van der Waals surface area contributed by atoms with Crippen molar-refractivity contribution in [2.24, 2.45) is 17.6 Å². The molecule has 2 rings (SSSR count). The fourth-order valence-corrected chi connectivity index (χ4v) is 3.08. The van der Waals surface area contributed by atoms with E-state index in [0.29, 0.717) is 37.1 Å². The summed E-state index contributed by atoms with van der Waals surface area (Å²) in [5, 5.41) is 3.02. The van der Waals surface area contributed by atoms with Gasteiger partial charge in [0.15, 0.2) is 11.5 Å². The summed E-state index contributed by atoms with van der Waals surface area (Å²) in [5.41, 5.74) is 6.74. The first kappa shape index (κ1) is 16.6. The highest BCUT2D eigenvalue weighted by atomic mass is 16.5. The maximum absolute atomic E-state index is 12.3. The molecule has 1 aliphatic carbocycles. The predicted octanol–water partition coefficient (Wildman–Crippen LogP) is 2.09. The highest BCUT2D eigenvalue weighted by Crippen LogP contribution is 2.31. The smallest absolute Gasteiger partial charge is 0.223 e. The molecular weight excluding hydrogens is 280 g/mol. The molecule has 1 aromatic carbocycles. The summed E-state index contributed by atoms with van der Waals surface area (Å²) in [4.78, 5) is 12.3. The van der Waals surface area contributed by atoms with Crippen molar-refractivity contribution in [1.29, 1.82) is 0 Å². The molecular formula is C17H26N2O3. The van der Waals surface area contributed by atoms with Gasteiger partial charge in [-0.1, -0.05) is 12.5 Å². The molecule has 122 valence electrons. The van der Waals surface area contributed by atoms with Crippen LogP contribution in [-0.4, -0.2) is 26.2 Å². The number of ether oxygens (including phenoxy) is 2. The summed E-state index contributed by atoms with van der Waals surface area (Å²) >= 11 is 0. The first-order valence-corrected chi connectivity index (χ1v) is 7.97. The fraction of sp³-hybridized carbons (Fsp3) is 0.588. The Hall–Kier alpha value is -1.75. The Balaban J connectivity index is 1.96. The Morgan fingerprint density at radius 2 is 2.18 bits per heavy atom. The zero-order valence-electron chi connectivity index (χ0n) is 13.4. The minimum atomic E-state index is 0.0645. The largest absolute Gasteiger partial charge is 0.493 e. The van der Waals surface area contributed by atoms with Crippen LogP contribution in [0.4, 0.5) is 0 Å². The van der Waals surface area contributed by atoms with E-state index < -0.39 is 0 Å². The van der Waals surface area contributed by atoms with Crippen LogP contribution in [-0.2, 0) is 11.3 Å². The van der Waals surface area contributed by atoms with Gasteiger partial charge in [-0.05, 0) is 49.9 Å². The number of carbonyl (C=O) groups excluding carboxylic acids is 1. The van der Waals surface area contributed by atoms with E-state index in [1.165, 1.54) is 0 Å². The van der Waals surface area contributed by atoms with Gasteiger partial charge in [-0.3, -0.25) is 4.79 Å². The molecule has 5 heteroatoms. The summed E-state index contributed by atoms with van der Waals surface area (Å²) in [7, 11) is 1.62. The average molecular weight is 306 g/mol.